The summed E-state index contributed by atoms with van der Waals surface area (Å²) in [5.41, 5.74) is -0.207. The van der Waals surface area contributed by atoms with Crippen LogP contribution < -0.4 is 5.32 Å². The van der Waals surface area contributed by atoms with Crippen molar-refractivity contribution in [1.29, 1.82) is 0 Å². The molecule has 0 bridgehead atoms. The molecule has 1 N–H and O–H groups in total. The molecule has 0 unspecified atom stereocenters. The van der Waals surface area contributed by atoms with Gasteiger partial charge in [-0.1, -0.05) is 42.1 Å². The lowest BCUT2D eigenvalue weighted by Crippen LogP contribution is -2.53. The van der Waals surface area contributed by atoms with Crippen molar-refractivity contribution in [1.82, 2.24) is 5.32 Å². The molecule has 1 aromatic rings. The van der Waals surface area contributed by atoms with Crippen LogP contribution in [0.5, 0.6) is 0 Å². The van der Waals surface area contributed by atoms with Crippen LogP contribution in [0.2, 0.25) is 10.0 Å². The van der Waals surface area contributed by atoms with Crippen molar-refractivity contribution in [2.45, 2.75) is 37.6 Å². The first kappa shape index (κ1) is 16.1. The summed E-state index contributed by atoms with van der Waals surface area (Å²) in [5, 5.41) is 3.79. The molecule has 1 fully saturated rings. The van der Waals surface area contributed by atoms with Gasteiger partial charge in [-0.3, -0.25) is 4.79 Å². The molecule has 2 rings (SSSR count). The summed E-state index contributed by atoms with van der Waals surface area (Å²) in [5.74, 6) is -0.623. The molecule has 1 amide bonds. The van der Waals surface area contributed by atoms with E-state index in [1.807, 2.05) is 0 Å². The van der Waals surface area contributed by atoms with Crippen LogP contribution in [0.3, 0.4) is 0 Å². The Morgan fingerprint density at radius 2 is 1.95 bits per heavy atom. The molecule has 1 saturated carbocycles. The molecule has 0 spiro atoms. The molecule has 1 aliphatic rings. The third kappa shape index (κ3) is 3.69. The fraction of sp³-hybridized carbons (Fsp3) is 0.467. The summed E-state index contributed by atoms with van der Waals surface area (Å²) in [7, 11) is 1.34. The third-order valence-corrected chi connectivity index (χ3v) is 4.37. The summed E-state index contributed by atoms with van der Waals surface area (Å²) in [6.07, 6.45) is 3.13. The first-order chi connectivity index (χ1) is 9.97. The van der Waals surface area contributed by atoms with Gasteiger partial charge in [-0.25, -0.2) is 4.79 Å². The SMILES string of the molecule is COC(=O)C1(NC(=O)Cc2ccc(Cl)cc2Cl)CCCC1. The zero-order valence-corrected chi connectivity index (χ0v) is 13.3. The van der Waals surface area contributed by atoms with Crippen LogP contribution in [0.1, 0.15) is 31.2 Å². The standard InChI is InChI=1S/C15H17Cl2NO3/c1-21-14(20)15(6-2-3-7-15)18-13(19)8-10-4-5-11(16)9-12(10)17/h4-5,9H,2-3,6-8H2,1H3,(H,18,19). The predicted molar refractivity (Wildman–Crippen MR) is 81.5 cm³/mol. The monoisotopic (exact) mass is 329 g/mol. The Morgan fingerprint density at radius 1 is 1.29 bits per heavy atom. The van der Waals surface area contributed by atoms with E-state index in [2.05, 4.69) is 5.32 Å². The summed E-state index contributed by atoms with van der Waals surface area (Å²) >= 11 is 11.9. The molecule has 114 valence electrons. The Kier molecular flexibility index (Phi) is 5.12. The van der Waals surface area contributed by atoms with E-state index in [9.17, 15) is 9.59 Å². The Balaban J connectivity index is 2.08. The number of carbonyl (C=O) groups excluding carboxylic acids is 2. The number of esters is 1. The Bertz CT molecular complexity index is 554. The average molecular weight is 330 g/mol. The van der Waals surface area contributed by atoms with Crippen molar-refractivity contribution in [2.24, 2.45) is 0 Å². The summed E-state index contributed by atoms with van der Waals surface area (Å²) in [6, 6.07) is 4.99. The number of hydrogen-bond donors (Lipinski definition) is 1. The summed E-state index contributed by atoms with van der Waals surface area (Å²) in [4.78, 5) is 24.2. The Hall–Kier alpha value is -1.26. The fourth-order valence-electron chi connectivity index (χ4n) is 2.70. The molecular formula is C15H17Cl2NO3. The maximum atomic E-state index is 12.2. The molecule has 0 aromatic heterocycles. The number of methoxy groups -OCH3 is 1. The van der Waals surface area contributed by atoms with E-state index >= 15 is 0 Å². The maximum absolute atomic E-state index is 12.2. The maximum Gasteiger partial charge on any atom is 0.331 e. The van der Waals surface area contributed by atoms with E-state index in [0.29, 0.717) is 28.5 Å². The summed E-state index contributed by atoms with van der Waals surface area (Å²) in [6.45, 7) is 0. The van der Waals surface area contributed by atoms with Gasteiger partial charge in [0.1, 0.15) is 5.54 Å². The second-order valence-electron chi connectivity index (χ2n) is 5.24. The highest BCUT2D eigenvalue weighted by molar-refractivity contribution is 6.35. The second kappa shape index (κ2) is 6.67. The van der Waals surface area contributed by atoms with Gasteiger partial charge in [0.25, 0.3) is 0 Å². The van der Waals surface area contributed by atoms with Gasteiger partial charge < -0.3 is 10.1 Å². The average Bonchev–Trinajstić information content (AvgIpc) is 2.90. The molecule has 0 radical (unpaired) electrons. The van der Waals surface area contributed by atoms with E-state index < -0.39 is 5.54 Å². The van der Waals surface area contributed by atoms with Gasteiger partial charge in [-0.15, -0.1) is 0 Å². The van der Waals surface area contributed by atoms with E-state index in [4.69, 9.17) is 27.9 Å². The highest BCUT2D eigenvalue weighted by atomic mass is 35.5. The van der Waals surface area contributed by atoms with Gasteiger partial charge in [0.2, 0.25) is 5.91 Å². The first-order valence-corrected chi connectivity index (χ1v) is 7.56. The van der Waals surface area contributed by atoms with E-state index in [1.54, 1.807) is 18.2 Å². The number of amides is 1. The zero-order valence-electron chi connectivity index (χ0n) is 11.7. The highest BCUT2D eigenvalue weighted by Crippen LogP contribution is 2.31. The van der Waals surface area contributed by atoms with Crippen molar-refractivity contribution in [2.75, 3.05) is 7.11 Å². The highest BCUT2D eigenvalue weighted by Gasteiger charge is 2.43. The van der Waals surface area contributed by atoms with Crippen LogP contribution in [0, 0.1) is 0 Å². The summed E-state index contributed by atoms with van der Waals surface area (Å²) < 4.78 is 4.83. The van der Waals surface area contributed by atoms with Gasteiger partial charge in [-0.2, -0.15) is 0 Å². The zero-order chi connectivity index (χ0) is 15.5. The Labute approximate surface area is 133 Å². The van der Waals surface area contributed by atoms with E-state index in [0.717, 1.165) is 12.8 Å². The molecule has 1 aliphatic carbocycles. The number of nitrogens with one attached hydrogen (secondary N) is 1. The number of ether oxygens (including phenoxy) is 1. The van der Waals surface area contributed by atoms with Crippen LogP contribution >= 0.6 is 23.2 Å². The molecule has 4 nitrogen and oxygen atoms in total. The van der Waals surface area contributed by atoms with Crippen molar-refractivity contribution in [3.8, 4) is 0 Å². The molecule has 6 heteroatoms. The van der Waals surface area contributed by atoms with Crippen molar-refractivity contribution in [3.05, 3.63) is 33.8 Å². The first-order valence-electron chi connectivity index (χ1n) is 6.80. The topological polar surface area (TPSA) is 55.4 Å². The quantitative estimate of drug-likeness (QED) is 0.863. The molecule has 1 aromatic carbocycles. The lowest BCUT2D eigenvalue weighted by atomic mass is 9.97. The minimum Gasteiger partial charge on any atom is -0.467 e. The largest absolute Gasteiger partial charge is 0.467 e. The second-order valence-corrected chi connectivity index (χ2v) is 6.09. The number of rotatable bonds is 4. The number of hydrogen-bond acceptors (Lipinski definition) is 3. The van der Waals surface area contributed by atoms with Crippen LogP contribution in [0.15, 0.2) is 18.2 Å². The van der Waals surface area contributed by atoms with Gasteiger partial charge in [0.15, 0.2) is 0 Å². The minimum atomic E-state index is -0.884. The molecule has 0 heterocycles. The van der Waals surface area contributed by atoms with Gasteiger partial charge >= 0.3 is 5.97 Å². The van der Waals surface area contributed by atoms with Gasteiger partial charge in [0, 0.05) is 10.0 Å². The molecule has 0 atom stereocenters. The van der Waals surface area contributed by atoms with Crippen LogP contribution in [-0.2, 0) is 20.7 Å². The van der Waals surface area contributed by atoms with Crippen LogP contribution in [0.4, 0.5) is 0 Å². The van der Waals surface area contributed by atoms with Crippen molar-refractivity contribution < 1.29 is 14.3 Å². The number of benzene rings is 1. The normalized spacial score (nSPS) is 16.5. The smallest absolute Gasteiger partial charge is 0.331 e. The molecule has 21 heavy (non-hydrogen) atoms. The molecule has 0 aliphatic heterocycles. The van der Waals surface area contributed by atoms with Crippen molar-refractivity contribution >= 4 is 35.1 Å². The van der Waals surface area contributed by atoms with Crippen molar-refractivity contribution in [3.63, 3.8) is 0 Å². The lowest BCUT2D eigenvalue weighted by Gasteiger charge is -2.27. The number of halogens is 2. The molecular weight excluding hydrogens is 313 g/mol. The minimum absolute atomic E-state index is 0.106. The third-order valence-electron chi connectivity index (χ3n) is 3.78. The van der Waals surface area contributed by atoms with Gasteiger partial charge in [-0.05, 0) is 30.5 Å². The fourth-order valence-corrected chi connectivity index (χ4v) is 3.18. The van der Waals surface area contributed by atoms with Crippen LogP contribution in [0.25, 0.3) is 0 Å². The molecule has 0 saturated heterocycles. The van der Waals surface area contributed by atoms with Gasteiger partial charge in [0.05, 0.1) is 13.5 Å². The predicted octanol–water partition coefficient (Wildman–Crippen LogP) is 3.14. The van der Waals surface area contributed by atoms with Crippen LogP contribution in [-0.4, -0.2) is 24.5 Å². The van der Waals surface area contributed by atoms with E-state index in [-0.39, 0.29) is 18.3 Å². The number of carbonyl (C=O) groups is 2. The van der Waals surface area contributed by atoms with E-state index in [1.165, 1.54) is 7.11 Å². The lowest BCUT2D eigenvalue weighted by molar-refractivity contribution is -0.150. The Morgan fingerprint density at radius 3 is 2.52 bits per heavy atom.